The first-order valence-electron chi connectivity index (χ1n) is 7.38. The van der Waals surface area contributed by atoms with Crippen LogP contribution in [0.4, 0.5) is 0 Å². The zero-order valence-electron chi connectivity index (χ0n) is 14.3. The monoisotopic (exact) mass is 301 g/mol. The van der Waals surface area contributed by atoms with Crippen molar-refractivity contribution in [1.29, 1.82) is 0 Å². The van der Waals surface area contributed by atoms with Gasteiger partial charge in [0.1, 0.15) is 6.61 Å². The summed E-state index contributed by atoms with van der Waals surface area (Å²) in [7, 11) is 0. The van der Waals surface area contributed by atoms with Crippen molar-refractivity contribution in [3.05, 3.63) is 59.3 Å². The molecule has 0 saturated heterocycles. The van der Waals surface area contributed by atoms with Crippen LogP contribution in [0.2, 0.25) is 0 Å². The van der Waals surface area contributed by atoms with Crippen LogP contribution in [0.15, 0.2) is 64.2 Å². The Bertz CT molecular complexity index is 514. The lowest BCUT2D eigenvalue weighted by atomic mass is 10.2. The van der Waals surface area contributed by atoms with Crippen molar-refractivity contribution < 1.29 is 9.53 Å². The molecule has 0 N–H and O–H groups in total. The van der Waals surface area contributed by atoms with E-state index in [0.717, 1.165) is 5.57 Å². The van der Waals surface area contributed by atoms with E-state index in [1.807, 2.05) is 31.2 Å². The molecule has 0 atom stereocenters. The molecule has 0 rings (SSSR count). The van der Waals surface area contributed by atoms with Gasteiger partial charge in [0.05, 0.1) is 6.54 Å². The lowest BCUT2D eigenvalue weighted by Crippen LogP contribution is -2.02. The Morgan fingerprint density at radius 3 is 2.09 bits per heavy atom. The van der Waals surface area contributed by atoms with Gasteiger partial charge in [0.25, 0.3) is 0 Å². The number of aliphatic imine (C=N–C) groups is 1. The fourth-order valence-electron chi connectivity index (χ4n) is 1.34. The second-order valence-electron chi connectivity index (χ2n) is 5.18. The fourth-order valence-corrected chi connectivity index (χ4v) is 1.34. The minimum atomic E-state index is -0.273. The number of ether oxygens (including phenoxy) is 1. The van der Waals surface area contributed by atoms with Crippen LogP contribution in [-0.2, 0) is 9.53 Å². The lowest BCUT2D eigenvalue weighted by Gasteiger charge is -1.95. The summed E-state index contributed by atoms with van der Waals surface area (Å²) in [4.78, 5) is 14.7. The van der Waals surface area contributed by atoms with Crippen LogP contribution in [0.1, 0.15) is 34.6 Å². The molecule has 0 aliphatic heterocycles. The Morgan fingerprint density at radius 2 is 1.50 bits per heavy atom. The molecule has 22 heavy (non-hydrogen) atoms. The maximum Gasteiger partial charge on any atom is 0.302 e. The van der Waals surface area contributed by atoms with Gasteiger partial charge in [-0.05, 0) is 39.3 Å². The van der Waals surface area contributed by atoms with E-state index in [4.69, 9.17) is 4.74 Å². The summed E-state index contributed by atoms with van der Waals surface area (Å²) in [6.45, 7) is 10.4. The normalized spacial score (nSPS) is 13.3. The molecule has 3 nitrogen and oxygen atoms in total. The molecule has 0 aromatic carbocycles. The number of nitrogens with zero attached hydrogens (tertiary/aromatic N) is 1. The maximum absolute atomic E-state index is 10.5. The Morgan fingerprint density at radius 1 is 0.909 bits per heavy atom. The summed E-state index contributed by atoms with van der Waals surface area (Å²) in [5.74, 6) is -0.273. The van der Waals surface area contributed by atoms with Crippen LogP contribution in [0.25, 0.3) is 0 Å². The summed E-state index contributed by atoms with van der Waals surface area (Å²) < 4.78 is 4.78. The molecule has 0 aromatic rings. The van der Waals surface area contributed by atoms with Gasteiger partial charge in [-0.1, -0.05) is 47.6 Å². The number of carbonyl (C=O) groups excluding carboxylic acids is 1. The topological polar surface area (TPSA) is 38.7 Å². The van der Waals surface area contributed by atoms with Gasteiger partial charge in [0, 0.05) is 13.1 Å². The zero-order chi connectivity index (χ0) is 16.8. The molecule has 0 saturated carbocycles. The van der Waals surface area contributed by atoms with E-state index in [0.29, 0.717) is 13.2 Å². The molecule has 3 heteroatoms. The fraction of sp³-hybridized carbons (Fsp3) is 0.368. The highest BCUT2D eigenvalue weighted by Gasteiger charge is 1.88. The quantitative estimate of drug-likeness (QED) is 0.284. The van der Waals surface area contributed by atoms with Gasteiger partial charge in [-0.3, -0.25) is 9.79 Å². The van der Waals surface area contributed by atoms with Crippen molar-refractivity contribution in [2.45, 2.75) is 34.6 Å². The summed E-state index contributed by atoms with van der Waals surface area (Å²) >= 11 is 0. The van der Waals surface area contributed by atoms with Crippen LogP contribution in [0.3, 0.4) is 0 Å². The molecule has 0 aliphatic carbocycles. The molecular formula is C19H27NO2. The van der Waals surface area contributed by atoms with Crippen molar-refractivity contribution in [3.63, 3.8) is 0 Å². The molecule has 0 fully saturated rings. The number of rotatable bonds is 8. The minimum absolute atomic E-state index is 0.273. The summed E-state index contributed by atoms with van der Waals surface area (Å²) in [5, 5.41) is 0. The average Bonchev–Trinajstić information content (AvgIpc) is 2.42. The van der Waals surface area contributed by atoms with E-state index < -0.39 is 0 Å². The van der Waals surface area contributed by atoms with E-state index >= 15 is 0 Å². The molecule has 0 unspecified atom stereocenters. The molecule has 0 heterocycles. The van der Waals surface area contributed by atoms with Gasteiger partial charge in [0.2, 0.25) is 0 Å². The molecule has 0 amide bonds. The molecule has 0 radical (unpaired) electrons. The van der Waals surface area contributed by atoms with Crippen LogP contribution >= 0.6 is 0 Å². The van der Waals surface area contributed by atoms with Gasteiger partial charge in [-0.2, -0.15) is 0 Å². The van der Waals surface area contributed by atoms with Crippen molar-refractivity contribution in [2.24, 2.45) is 4.99 Å². The molecular weight excluding hydrogens is 274 g/mol. The van der Waals surface area contributed by atoms with Crippen LogP contribution < -0.4 is 0 Å². The predicted octanol–water partition coefficient (Wildman–Crippen LogP) is 4.59. The van der Waals surface area contributed by atoms with Crippen molar-refractivity contribution in [1.82, 2.24) is 0 Å². The lowest BCUT2D eigenvalue weighted by molar-refractivity contribution is -0.140. The minimum Gasteiger partial charge on any atom is -0.464 e. The standard InChI is InChI=1S/C19H27NO2/c1-16(2)8-6-9-17(3)10-7-11-18(4)12-13-20-14-15-22-19(5)21/h6-13H,14-15H2,1-5H3/b9-6+,11-7+,17-10+,18-12+,20-13+. The van der Waals surface area contributed by atoms with E-state index in [1.54, 1.807) is 6.21 Å². The number of carbonyl (C=O) groups is 1. The highest BCUT2D eigenvalue weighted by molar-refractivity contribution is 5.72. The van der Waals surface area contributed by atoms with Gasteiger partial charge >= 0.3 is 5.97 Å². The third-order valence-electron chi connectivity index (χ3n) is 2.48. The predicted molar refractivity (Wildman–Crippen MR) is 95.2 cm³/mol. The van der Waals surface area contributed by atoms with Crippen LogP contribution in [0, 0.1) is 0 Å². The summed E-state index contributed by atoms with van der Waals surface area (Å²) in [6.07, 6.45) is 16.0. The number of hydrogen-bond acceptors (Lipinski definition) is 3. The molecule has 0 spiro atoms. The highest BCUT2D eigenvalue weighted by Crippen LogP contribution is 2.00. The molecule has 0 bridgehead atoms. The zero-order valence-corrected chi connectivity index (χ0v) is 14.3. The van der Waals surface area contributed by atoms with Crippen LogP contribution in [-0.4, -0.2) is 25.3 Å². The third-order valence-corrected chi connectivity index (χ3v) is 2.48. The summed E-state index contributed by atoms with van der Waals surface area (Å²) in [5.41, 5.74) is 3.58. The van der Waals surface area contributed by atoms with Crippen molar-refractivity contribution in [2.75, 3.05) is 13.2 Å². The van der Waals surface area contributed by atoms with Gasteiger partial charge in [-0.15, -0.1) is 0 Å². The van der Waals surface area contributed by atoms with Gasteiger partial charge in [0.15, 0.2) is 0 Å². The second kappa shape index (κ2) is 12.6. The van der Waals surface area contributed by atoms with E-state index in [1.165, 1.54) is 18.1 Å². The number of hydrogen-bond donors (Lipinski definition) is 0. The van der Waals surface area contributed by atoms with Crippen molar-refractivity contribution >= 4 is 12.2 Å². The Labute approximate surface area is 134 Å². The summed E-state index contributed by atoms with van der Waals surface area (Å²) in [6, 6.07) is 0. The Balaban J connectivity index is 4.22. The number of allylic oxidation sites excluding steroid dienone is 10. The Kier molecular flexibility index (Phi) is 11.3. The highest BCUT2D eigenvalue weighted by atomic mass is 16.5. The number of esters is 1. The van der Waals surface area contributed by atoms with Gasteiger partial charge in [-0.25, -0.2) is 0 Å². The van der Waals surface area contributed by atoms with E-state index in [9.17, 15) is 4.79 Å². The van der Waals surface area contributed by atoms with Crippen molar-refractivity contribution in [3.8, 4) is 0 Å². The first-order valence-corrected chi connectivity index (χ1v) is 7.38. The third kappa shape index (κ3) is 14.3. The molecule has 0 aliphatic rings. The van der Waals surface area contributed by atoms with Crippen LogP contribution in [0.5, 0.6) is 0 Å². The van der Waals surface area contributed by atoms with E-state index in [-0.39, 0.29) is 5.97 Å². The smallest absolute Gasteiger partial charge is 0.302 e. The largest absolute Gasteiger partial charge is 0.464 e. The Hall–Kier alpha value is -2.16. The van der Waals surface area contributed by atoms with E-state index in [2.05, 4.69) is 44.0 Å². The SMILES string of the molecule is CC(=O)OCC/N=C/C=C(C)/C=C/C=C(C)/C=C/C=C(C)C. The van der Waals surface area contributed by atoms with Gasteiger partial charge < -0.3 is 4.74 Å². The molecule has 120 valence electrons. The maximum atomic E-state index is 10.5. The molecule has 0 aromatic heterocycles. The average molecular weight is 301 g/mol. The first-order chi connectivity index (χ1) is 10.4. The first kappa shape index (κ1) is 19.8. The second-order valence-corrected chi connectivity index (χ2v) is 5.18.